The summed E-state index contributed by atoms with van der Waals surface area (Å²) in [6, 6.07) is 21.8. The highest BCUT2D eigenvalue weighted by molar-refractivity contribution is 7.99. The van der Waals surface area contributed by atoms with Gasteiger partial charge in [0, 0.05) is 11.7 Å². The molecule has 0 bridgehead atoms. The Morgan fingerprint density at radius 1 is 0.968 bits per heavy atom. The Labute approximate surface area is 184 Å². The first kappa shape index (κ1) is 19.6. The fraction of sp³-hybridized carbons (Fsp3) is 0.217. The molecule has 0 saturated heterocycles. The molecule has 0 atom stereocenters. The van der Waals surface area contributed by atoms with E-state index in [0.717, 1.165) is 22.8 Å². The maximum atomic E-state index is 6.02. The minimum absolute atomic E-state index is 0.199. The van der Waals surface area contributed by atoms with Crippen LogP contribution in [-0.4, -0.2) is 37.1 Å². The molecule has 5 rings (SSSR count). The van der Waals surface area contributed by atoms with E-state index >= 15 is 0 Å². The Morgan fingerprint density at radius 2 is 1.71 bits per heavy atom. The van der Waals surface area contributed by atoms with Gasteiger partial charge < -0.3 is 10.5 Å². The first-order chi connectivity index (χ1) is 15.3. The van der Waals surface area contributed by atoms with Crippen LogP contribution in [0.2, 0.25) is 0 Å². The summed E-state index contributed by atoms with van der Waals surface area (Å²) < 4.78 is 7.65. The Hall–Kier alpha value is -3.39. The lowest BCUT2D eigenvalue weighted by atomic mass is 10.2. The van der Waals surface area contributed by atoms with E-state index in [2.05, 4.69) is 21.0 Å². The lowest BCUT2D eigenvalue weighted by Gasteiger charge is -2.08. The van der Waals surface area contributed by atoms with E-state index in [1.807, 2.05) is 65.3 Å². The Balaban J connectivity index is 1.37. The fourth-order valence-electron chi connectivity index (χ4n) is 3.26. The van der Waals surface area contributed by atoms with Crippen molar-refractivity contribution >= 4 is 17.7 Å². The summed E-state index contributed by atoms with van der Waals surface area (Å²) in [7, 11) is 0. The molecule has 0 unspecified atom stereocenters. The molecule has 2 aromatic carbocycles. The number of nitrogens with zero attached hydrogens (tertiary/aromatic N) is 5. The number of nitrogens with two attached hydrogens (primary N) is 1. The van der Waals surface area contributed by atoms with Crippen molar-refractivity contribution in [3.63, 3.8) is 0 Å². The number of nitrogen functional groups attached to an aromatic ring is 1. The van der Waals surface area contributed by atoms with E-state index in [9.17, 15) is 0 Å². The predicted molar refractivity (Wildman–Crippen MR) is 121 cm³/mol. The van der Waals surface area contributed by atoms with Crippen molar-refractivity contribution in [3.8, 4) is 23.0 Å². The fourth-order valence-corrected chi connectivity index (χ4v) is 3.92. The van der Waals surface area contributed by atoms with Crippen LogP contribution in [0.5, 0.6) is 5.75 Å². The molecule has 1 saturated carbocycles. The molecule has 2 N–H and O–H groups in total. The van der Waals surface area contributed by atoms with Gasteiger partial charge in [-0.3, -0.25) is 0 Å². The van der Waals surface area contributed by atoms with Gasteiger partial charge in [-0.15, -0.1) is 0 Å². The second-order valence-electron chi connectivity index (χ2n) is 7.29. The summed E-state index contributed by atoms with van der Waals surface area (Å²) in [6.45, 7) is 0.545. The van der Waals surface area contributed by atoms with Gasteiger partial charge in [0.05, 0.1) is 18.0 Å². The molecule has 1 aliphatic carbocycles. The lowest BCUT2D eigenvalue weighted by Crippen LogP contribution is -2.07. The molecule has 0 radical (unpaired) electrons. The van der Waals surface area contributed by atoms with Crippen LogP contribution in [0.4, 0.5) is 5.95 Å². The van der Waals surface area contributed by atoms with E-state index in [0.29, 0.717) is 29.3 Å². The van der Waals surface area contributed by atoms with Crippen LogP contribution >= 0.6 is 11.8 Å². The highest BCUT2D eigenvalue weighted by Gasteiger charge is 2.28. The molecule has 0 amide bonds. The average molecular weight is 431 g/mol. The van der Waals surface area contributed by atoms with Crippen molar-refractivity contribution in [2.45, 2.75) is 23.9 Å². The maximum Gasteiger partial charge on any atom is 0.224 e. The Kier molecular flexibility index (Phi) is 5.54. The van der Waals surface area contributed by atoms with Crippen molar-refractivity contribution in [1.29, 1.82) is 0 Å². The minimum Gasteiger partial charge on any atom is -0.493 e. The van der Waals surface area contributed by atoms with Gasteiger partial charge in [-0.1, -0.05) is 48.2 Å². The molecule has 156 valence electrons. The zero-order valence-electron chi connectivity index (χ0n) is 16.9. The zero-order chi connectivity index (χ0) is 21.0. The average Bonchev–Trinajstić information content (AvgIpc) is 3.56. The molecule has 8 heteroatoms. The number of aromatic nitrogens is 5. The smallest absolute Gasteiger partial charge is 0.224 e. The third kappa shape index (κ3) is 4.69. The third-order valence-corrected chi connectivity index (χ3v) is 5.72. The molecule has 2 aromatic heterocycles. The Bertz CT molecular complexity index is 1160. The van der Waals surface area contributed by atoms with Gasteiger partial charge in [0.1, 0.15) is 11.4 Å². The summed E-state index contributed by atoms with van der Waals surface area (Å²) in [5.41, 5.74) is 8.89. The summed E-state index contributed by atoms with van der Waals surface area (Å²) in [4.78, 5) is 13.4. The van der Waals surface area contributed by atoms with Gasteiger partial charge in [-0.2, -0.15) is 15.1 Å². The van der Waals surface area contributed by atoms with Gasteiger partial charge in [-0.25, -0.2) is 9.67 Å². The normalized spacial score (nSPS) is 13.3. The molecule has 4 aromatic rings. The molecule has 7 nitrogen and oxygen atoms in total. The van der Waals surface area contributed by atoms with E-state index in [-0.39, 0.29) is 5.95 Å². The van der Waals surface area contributed by atoms with Gasteiger partial charge in [0.25, 0.3) is 0 Å². The molecule has 31 heavy (non-hydrogen) atoms. The number of hydrogen-bond acceptors (Lipinski definition) is 7. The summed E-state index contributed by atoms with van der Waals surface area (Å²) in [5, 5.41) is 5.41. The molecule has 0 aliphatic heterocycles. The molecular formula is C23H22N6OS. The topological polar surface area (TPSA) is 91.7 Å². The summed E-state index contributed by atoms with van der Waals surface area (Å²) in [5.74, 6) is 2.79. The highest BCUT2D eigenvalue weighted by atomic mass is 32.2. The van der Waals surface area contributed by atoms with E-state index in [1.165, 1.54) is 24.6 Å². The molecule has 0 spiro atoms. The zero-order valence-corrected chi connectivity index (χ0v) is 17.7. The summed E-state index contributed by atoms with van der Waals surface area (Å²) >= 11 is 1.49. The van der Waals surface area contributed by atoms with Crippen LogP contribution < -0.4 is 10.5 Å². The van der Waals surface area contributed by atoms with Crippen LogP contribution in [0.25, 0.3) is 17.2 Å². The maximum absolute atomic E-state index is 6.02. The van der Waals surface area contributed by atoms with Crippen molar-refractivity contribution in [2.75, 3.05) is 18.1 Å². The number of hydrogen-bond donors (Lipinski definition) is 1. The predicted octanol–water partition coefficient (Wildman–Crippen LogP) is 4.36. The van der Waals surface area contributed by atoms with Crippen LogP contribution in [-0.2, 0) is 0 Å². The van der Waals surface area contributed by atoms with E-state index < -0.39 is 0 Å². The van der Waals surface area contributed by atoms with Crippen molar-refractivity contribution in [2.24, 2.45) is 0 Å². The van der Waals surface area contributed by atoms with Crippen molar-refractivity contribution in [1.82, 2.24) is 24.7 Å². The quantitative estimate of drug-likeness (QED) is 0.328. The van der Waals surface area contributed by atoms with Crippen LogP contribution in [0, 0.1) is 0 Å². The second-order valence-corrected chi connectivity index (χ2v) is 8.35. The first-order valence-corrected chi connectivity index (χ1v) is 11.2. The van der Waals surface area contributed by atoms with Gasteiger partial charge in [-0.05, 0) is 43.2 Å². The van der Waals surface area contributed by atoms with E-state index in [1.54, 1.807) is 0 Å². The molecule has 1 aliphatic rings. The monoisotopic (exact) mass is 430 g/mol. The van der Waals surface area contributed by atoms with Gasteiger partial charge in [0.2, 0.25) is 5.95 Å². The number of ether oxygens (including phenoxy) is 1. The van der Waals surface area contributed by atoms with Crippen LogP contribution in [0.3, 0.4) is 0 Å². The molecule has 2 heterocycles. The van der Waals surface area contributed by atoms with Gasteiger partial charge in [0.15, 0.2) is 11.0 Å². The first-order valence-electron chi connectivity index (χ1n) is 10.2. The number of benzene rings is 2. The second kappa shape index (κ2) is 8.77. The van der Waals surface area contributed by atoms with Crippen LogP contribution in [0.1, 0.15) is 24.5 Å². The van der Waals surface area contributed by atoms with Crippen molar-refractivity contribution < 1.29 is 4.74 Å². The number of anilines is 1. The SMILES string of the molecule is Nc1nc(SCCOc2ccccc2)nc(-c2cc(C3CC3)nn2-c2ccccc2)n1. The van der Waals surface area contributed by atoms with Crippen molar-refractivity contribution in [3.05, 3.63) is 72.4 Å². The molecule has 1 fully saturated rings. The van der Waals surface area contributed by atoms with Crippen LogP contribution in [0.15, 0.2) is 71.9 Å². The van der Waals surface area contributed by atoms with E-state index in [4.69, 9.17) is 15.6 Å². The number of para-hydroxylation sites is 2. The highest BCUT2D eigenvalue weighted by Crippen LogP contribution is 2.40. The number of rotatable bonds is 8. The Morgan fingerprint density at radius 3 is 2.45 bits per heavy atom. The third-order valence-electron chi connectivity index (χ3n) is 4.91. The largest absolute Gasteiger partial charge is 0.493 e. The van der Waals surface area contributed by atoms with Gasteiger partial charge >= 0.3 is 0 Å². The molecular weight excluding hydrogens is 408 g/mol. The summed E-state index contributed by atoms with van der Waals surface area (Å²) in [6.07, 6.45) is 2.35. The lowest BCUT2D eigenvalue weighted by molar-refractivity contribution is 0.344. The minimum atomic E-state index is 0.199. The standard InChI is InChI=1S/C23H22N6OS/c24-22-25-21(26-23(27-22)31-14-13-30-18-9-5-2-6-10-18)20-15-19(16-11-12-16)28-29(20)17-7-3-1-4-8-17/h1-10,15-16H,11-14H2,(H2,24,25,26,27). The number of thioether (sulfide) groups is 1.